The molecule has 0 aliphatic heterocycles. The number of carbonyl (C=O) groups is 1. The Labute approximate surface area is 129 Å². The molecule has 0 spiro atoms. The minimum atomic E-state index is -1.66. The lowest BCUT2D eigenvalue weighted by Crippen LogP contribution is -2.53. The Balaban J connectivity index is 2.50. The molecule has 0 fully saturated rings. The lowest BCUT2D eigenvalue weighted by atomic mass is 9.92. The Hall–Kier alpha value is -2.69. The van der Waals surface area contributed by atoms with E-state index in [-0.39, 0.29) is 18.7 Å². The van der Waals surface area contributed by atoms with Crippen LogP contribution in [0.5, 0.6) is 0 Å². The van der Waals surface area contributed by atoms with Crippen LogP contribution in [0.1, 0.15) is 24.5 Å². The number of nitrogens with zero attached hydrogens (tertiary/aromatic N) is 1. The first kappa shape index (κ1) is 15.7. The second kappa shape index (κ2) is 6.85. The van der Waals surface area contributed by atoms with Crippen LogP contribution in [0.4, 0.5) is 0 Å². The van der Waals surface area contributed by atoms with E-state index in [1.54, 1.807) is 37.3 Å². The van der Waals surface area contributed by atoms with Crippen molar-refractivity contribution >= 4 is 5.91 Å². The molecule has 1 N–H and O–H groups in total. The molecule has 0 aromatic heterocycles. The quantitative estimate of drug-likeness (QED) is 0.506. The Morgan fingerprint density at radius 2 is 1.64 bits per heavy atom. The molecular formula is C17H18N2O3. The summed E-state index contributed by atoms with van der Waals surface area (Å²) in [5.74, 6) is -0.350. The number of nitro groups is 1. The van der Waals surface area contributed by atoms with E-state index in [1.807, 2.05) is 30.3 Å². The molecular weight excluding hydrogens is 280 g/mol. The van der Waals surface area contributed by atoms with Crippen molar-refractivity contribution in [2.75, 3.05) is 0 Å². The van der Waals surface area contributed by atoms with Crippen LogP contribution >= 0.6 is 0 Å². The van der Waals surface area contributed by atoms with Crippen LogP contribution in [0, 0.1) is 10.1 Å². The summed E-state index contributed by atoms with van der Waals surface area (Å²) in [6, 6.07) is 17.7. The second-order valence-corrected chi connectivity index (χ2v) is 5.05. The molecule has 0 saturated carbocycles. The Morgan fingerprint density at radius 3 is 2.14 bits per heavy atom. The predicted molar refractivity (Wildman–Crippen MR) is 83.7 cm³/mol. The number of amides is 1. The van der Waals surface area contributed by atoms with Crippen LogP contribution in [0.15, 0.2) is 60.7 Å². The molecule has 1 unspecified atom stereocenters. The third-order valence-corrected chi connectivity index (χ3v) is 3.53. The van der Waals surface area contributed by atoms with Crippen molar-refractivity contribution in [1.29, 1.82) is 0 Å². The van der Waals surface area contributed by atoms with Crippen molar-refractivity contribution in [2.45, 2.75) is 25.4 Å². The minimum absolute atomic E-state index is 0.0938. The molecule has 1 amide bonds. The van der Waals surface area contributed by atoms with Gasteiger partial charge in [-0.1, -0.05) is 55.5 Å². The first-order valence-corrected chi connectivity index (χ1v) is 7.13. The van der Waals surface area contributed by atoms with Gasteiger partial charge in [0.05, 0.1) is 16.9 Å². The van der Waals surface area contributed by atoms with Gasteiger partial charge in [-0.05, 0) is 17.7 Å². The topological polar surface area (TPSA) is 72.2 Å². The standard InChI is InChI=1S/C17H18N2O3/c1-2-16(20)18-17(19(21)22,15-11-7-4-8-12-15)13-14-9-5-3-6-10-14/h3-12H,2,13H2,1H3,(H,18,20). The summed E-state index contributed by atoms with van der Waals surface area (Å²) in [7, 11) is 0. The van der Waals surface area contributed by atoms with E-state index in [0.29, 0.717) is 5.56 Å². The van der Waals surface area contributed by atoms with Crippen molar-refractivity contribution in [3.63, 3.8) is 0 Å². The first-order valence-electron chi connectivity index (χ1n) is 7.13. The number of rotatable bonds is 6. The zero-order valence-electron chi connectivity index (χ0n) is 12.4. The summed E-state index contributed by atoms with van der Waals surface area (Å²) in [4.78, 5) is 23.3. The maximum absolute atomic E-state index is 11.9. The fourth-order valence-electron chi connectivity index (χ4n) is 2.36. The molecule has 5 nitrogen and oxygen atoms in total. The van der Waals surface area contributed by atoms with Crippen LogP contribution in [0.2, 0.25) is 0 Å². The molecule has 0 saturated heterocycles. The third-order valence-electron chi connectivity index (χ3n) is 3.53. The fraction of sp³-hybridized carbons (Fsp3) is 0.235. The zero-order chi connectivity index (χ0) is 16.0. The van der Waals surface area contributed by atoms with Crippen molar-refractivity contribution in [1.82, 2.24) is 5.32 Å². The Morgan fingerprint density at radius 1 is 1.09 bits per heavy atom. The summed E-state index contributed by atoms with van der Waals surface area (Å²) in [6.07, 6.45) is 0.286. The van der Waals surface area contributed by atoms with E-state index in [4.69, 9.17) is 0 Å². The lowest BCUT2D eigenvalue weighted by Gasteiger charge is -2.27. The van der Waals surface area contributed by atoms with E-state index >= 15 is 0 Å². The van der Waals surface area contributed by atoms with Gasteiger partial charge in [0, 0.05) is 6.42 Å². The molecule has 0 bridgehead atoms. The van der Waals surface area contributed by atoms with E-state index < -0.39 is 10.6 Å². The molecule has 22 heavy (non-hydrogen) atoms. The molecule has 2 aromatic carbocycles. The van der Waals surface area contributed by atoms with Crippen LogP contribution < -0.4 is 5.32 Å². The summed E-state index contributed by atoms with van der Waals surface area (Å²) >= 11 is 0. The number of benzene rings is 2. The van der Waals surface area contributed by atoms with Crippen molar-refractivity contribution < 1.29 is 9.72 Å². The molecule has 2 rings (SSSR count). The van der Waals surface area contributed by atoms with Gasteiger partial charge in [-0.15, -0.1) is 0 Å². The molecule has 2 aromatic rings. The van der Waals surface area contributed by atoms with Gasteiger partial charge >= 0.3 is 5.66 Å². The molecule has 0 heterocycles. The van der Waals surface area contributed by atoms with Gasteiger partial charge in [-0.25, -0.2) is 0 Å². The first-order chi connectivity index (χ1) is 10.6. The minimum Gasteiger partial charge on any atom is -0.287 e. The Kier molecular flexibility index (Phi) is 4.88. The van der Waals surface area contributed by atoms with E-state index in [2.05, 4.69) is 5.32 Å². The summed E-state index contributed by atoms with van der Waals surface area (Å²) in [5.41, 5.74) is -0.402. The SMILES string of the molecule is CCC(=O)NC(Cc1ccccc1)(c1ccccc1)[N+](=O)[O-]. The van der Waals surface area contributed by atoms with Gasteiger partial charge in [-0.3, -0.25) is 20.2 Å². The van der Waals surface area contributed by atoms with Gasteiger partial charge in [0.15, 0.2) is 0 Å². The van der Waals surface area contributed by atoms with Crippen molar-refractivity contribution in [3.8, 4) is 0 Å². The predicted octanol–water partition coefficient (Wildman–Crippen LogP) is 2.89. The molecule has 5 heteroatoms. The molecule has 114 valence electrons. The van der Waals surface area contributed by atoms with Crippen LogP contribution in [0.25, 0.3) is 0 Å². The highest BCUT2D eigenvalue weighted by atomic mass is 16.6. The van der Waals surface area contributed by atoms with E-state index in [9.17, 15) is 14.9 Å². The number of carbonyl (C=O) groups excluding carboxylic acids is 1. The molecule has 0 aliphatic rings. The highest BCUT2D eigenvalue weighted by Gasteiger charge is 2.46. The molecule has 0 aliphatic carbocycles. The monoisotopic (exact) mass is 298 g/mol. The van der Waals surface area contributed by atoms with Gasteiger partial charge in [0.25, 0.3) is 0 Å². The normalized spacial score (nSPS) is 13.1. The van der Waals surface area contributed by atoms with Crippen molar-refractivity contribution in [3.05, 3.63) is 81.9 Å². The van der Waals surface area contributed by atoms with Gasteiger partial charge in [-0.2, -0.15) is 0 Å². The number of hydrogen-bond acceptors (Lipinski definition) is 3. The summed E-state index contributed by atoms with van der Waals surface area (Å²) in [5, 5.41) is 14.5. The van der Waals surface area contributed by atoms with Gasteiger partial charge in [0.1, 0.15) is 0 Å². The number of nitrogens with one attached hydrogen (secondary N) is 1. The zero-order valence-corrected chi connectivity index (χ0v) is 12.4. The molecule has 0 radical (unpaired) electrons. The van der Waals surface area contributed by atoms with E-state index in [0.717, 1.165) is 5.56 Å². The van der Waals surface area contributed by atoms with Crippen LogP contribution in [0.3, 0.4) is 0 Å². The maximum atomic E-state index is 11.9. The largest absolute Gasteiger partial charge is 0.325 e. The van der Waals surface area contributed by atoms with Gasteiger partial charge in [0.2, 0.25) is 5.91 Å². The van der Waals surface area contributed by atoms with Crippen LogP contribution in [-0.2, 0) is 16.9 Å². The lowest BCUT2D eigenvalue weighted by molar-refractivity contribution is -0.585. The fourth-order valence-corrected chi connectivity index (χ4v) is 2.36. The molecule has 1 atom stereocenters. The average Bonchev–Trinajstić information content (AvgIpc) is 2.55. The smallest absolute Gasteiger partial charge is 0.287 e. The highest BCUT2D eigenvalue weighted by Crippen LogP contribution is 2.27. The summed E-state index contributed by atoms with van der Waals surface area (Å²) in [6.45, 7) is 1.67. The number of hydrogen-bond donors (Lipinski definition) is 1. The van der Waals surface area contributed by atoms with Crippen LogP contribution in [-0.4, -0.2) is 10.8 Å². The van der Waals surface area contributed by atoms with Crippen molar-refractivity contribution in [2.24, 2.45) is 0 Å². The Bertz CT molecular complexity index is 643. The third kappa shape index (κ3) is 3.31. The summed E-state index contributed by atoms with van der Waals surface area (Å²) < 4.78 is 0. The average molecular weight is 298 g/mol. The highest BCUT2D eigenvalue weighted by molar-refractivity contribution is 5.76. The van der Waals surface area contributed by atoms with Gasteiger partial charge < -0.3 is 0 Å². The van der Waals surface area contributed by atoms with E-state index in [1.165, 1.54) is 0 Å². The maximum Gasteiger partial charge on any atom is 0.325 e. The second-order valence-electron chi connectivity index (χ2n) is 5.05.